The highest BCUT2D eigenvalue weighted by atomic mass is 127. The zero-order chi connectivity index (χ0) is 20.6. The summed E-state index contributed by atoms with van der Waals surface area (Å²) in [6, 6.07) is 4.86. The number of aliphatic imine (C=N–C) groups is 1. The number of rotatable bonds is 4. The molecule has 29 heavy (non-hydrogen) atoms. The molecule has 1 saturated heterocycles. The zero-order valence-electron chi connectivity index (χ0n) is 16.5. The van der Waals surface area contributed by atoms with Gasteiger partial charge in [0.1, 0.15) is 6.54 Å². The Morgan fingerprint density at radius 2 is 1.97 bits per heavy atom. The summed E-state index contributed by atoms with van der Waals surface area (Å²) in [5, 5.41) is 6.43. The molecule has 1 aromatic rings. The molecular weight excluding hydrogens is 496 g/mol. The van der Waals surface area contributed by atoms with Crippen LogP contribution in [0.2, 0.25) is 0 Å². The van der Waals surface area contributed by atoms with Crippen LogP contribution in [-0.2, 0) is 11.0 Å². The van der Waals surface area contributed by atoms with E-state index in [1.807, 2.05) is 18.7 Å². The predicted octanol–water partition coefficient (Wildman–Crippen LogP) is 3.24. The standard InChI is InChI=1S/C20H25F3N4O.HI/c1-3-18(28)27-13-11-17(14-27)26-19(24-4-2)25-12-5-6-15-7-9-16(10-8-15)20(21,22)23;/h7-10,17H,3-4,11-14H2,1-2H3,(H2,24,25,26);1H. The average molecular weight is 522 g/mol. The molecule has 1 heterocycles. The molecule has 1 aliphatic heterocycles. The van der Waals surface area contributed by atoms with Crippen LogP contribution in [0, 0.1) is 11.8 Å². The number of amides is 1. The minimum Gasteiger partial charge on any atom is -0.357 e. The van der Waals surface area contributed by atoms with Gasteiger partial charge < -0.3 is 15.5 Å². The minimum absolute atomic E-state index is 0. The quantitative estimate of drug-likeness (QED) is 0.277. The third kappa shape index (κ3) is 8.12. The van der Waals surface area contributed by atoms with E-state index in [2.05, 4.69) is 27.5 Å². The summed E-state index contributed by atoms with van der Waals surface area (Å²) in [5.74, 6) is 6.42. The molecule has 5 nitrogen and oxygen atoms in total. The van der Waals surface area contributed by atoms with E-state index in [1.165, 1.54) is 12.1 Å². The predicted molar refractivity (Wildman–Crippen MR) is 118 cm³/mol. The Bertz CT molecular complexity index is 754. The second kappa shape index (κ2) is 11.9. The van der Waals surface area contributed by atoms with Crippen LogP contribution in [0.4, 0.5) is 13.2 Å². The second-order valence-corrected chi connectivity index (χ2v) is 6.40. The van der Waals surface area contributed by atoms with Gasteiger partial charge in [-0.25, -0.2) is 4.99 Å². The number of carbonyl (C=O) groups is 1. The highest BCUT2D eigenvalue weighted by Crippen LogP contribution is 2.28. The van der Waals surface area contributed by atoms with Gasteiger partial charge in [0.2, 0.25) is 5.91 Å². The van der Waals surface area contributed by atoms with Crippen molar-refractivity contribution < 1.29 is 18.0 Å². The molecule has 2 N–H and O–H groups in total. The molecular formula is C20H26F3IN4O. The van der Waals surface area contributed by atoms with Gasteiger partial charge in [0.25, 0.3) is 0 Å². The van der Waals surface area contributed by atoms with Crippen LogP contribution in [0.1, 0.15) is 37.8 Å². The summed E-state index contributed by atoms with van der Waals surface area (Å²) in [6.45, 7) is 6.07. The Balaban J connectivity index is 0.00000420. The topological polar surface area (TPSA) is 56.7 Å². The van der Waals surface area contributed by atoms with Crippen molar-refractivity contribution in [3.63, 3.8) is 0 Å². The third-order valence-electron chi connectivity index (χ3n) is 4.29. The lowest BCUT2D eigenvalue weighted by Crippen LogP contribution is -2.45. The van der Waals surface area contributed by atoms with Crippen LogP contribution in [0.3, 0.4) is 0 Å². The maximum absolute atomic E-state index is 12.6. The Morgan fingerprint density at radius 1 is 1.28 bits per heavy atom. The molecule has 1 unspecified atom stereocenters. The van der Waals surface area contributed by atoms with Crippen molar-refractivity contribution in [2.75, 3.05) is 26.2 Å². The van der Waals surface area contributed by atoms with Gasteiger partial charge in [0, 0.05) is 37.7 Å². The highest BCUT2D eigenvalue weighted by molar-refractivity contribution is 14.0. The van der Waals surface area contributed by atoms with E-state index in [1.54, 1.807) is 0 Å². The first kappa shape index (κ1) is 25.1. The number of hydrogen-bond acceptors (Lipinski definition) is 2. The molecule has 160 valence electrons. The van der Waals surface area contributed by atoms with Crippen molar-refractivity contribution in [3.05, 3.63) is 35.4 Å². The fourth-order valence-corrected chi connectivity index (χ4v) is 2.84. The average Bonchev–Trinajstić information content (AvgIpc) is 3.13. The third-order valence-corrected chi connectivity index (χ3v) is 4.29. The maximum Gasteiger partial charge on any atom is 0.416 e. The molecule has 0 spiro atoms. The lowest BCUT2D eigenvalue weighted by Gasteiger charge is -2.18. The summed E-state index contributed by atoms with van der Waals surface area (Å²) in [7, 11) is 0. The van der Waals surface area contributed by atoms with E-state index in [9.17, 15) is 18.0 Å². The Morgan fingerprint density at radius 3 is 2.55 bits per heavy atom. The molecule has 0 saturated carbocycles. The first-order chi connectivity index (χ1) is 13.3. The summed E-state index contributed by atoms with van der Waals surface area (Å²) in [6.07, 6.45) is -2.99. The number of benzene rings is 1. The SMILES string of the molecule is CCNC(=NCC#Cc1ccc(C(F)(F)F)cc1)NC1CCN(C(=O)CC)C1.I. The molecule has 1 aliphatic rings. The van der Waals surface area contributed by atoms with Gasteiger partial charge in [-0.05, 0) is 37.6 Å². The number of guanidine groups is 1. The first-order valence-electron chi connectivity index (χ1n) is 9.32. The van der Waals surface area contributed by atoms with Crippen molar-refractivity contribution in [1.82, 2.24) is 15.5 Å². The van der Waals surface area contributed by atoms with Crippen molar-refractivity contribution in [2.24, 2.45) is 4.99 Å². The molecule has 1 fully saturated rings. The lowest BCUT2D eigenvalue weighted by molar-refractivity contribution is -0.137. The molecule has 2 rings (SSSR count). The van der Waals surface area contributed by atoms with E-state index >= 15 is 0 Å². The Kier molecular flexibility index (Phi) is 10.3. The molecule has 1 atom stereocenters. The normalized spacial score (nSPS) is 16.5. The van der Waals surface area contributed by atoms with Gasteiger partial charge in [-0.15, -0.1) is 24.0 Å². The summed E-state index contributed by atoms with van der Waals surface area (Å²) in [4.78, 5) is 18.0. The molecule has 1 aromatic carbocycles. The van der Waals surface area contributed by atoms with E-state index in [4.69, 9.17) is 0 Å². The van der Waals surface area contributed by atoms with Gasteiger partial charge in [-0.1, -0.05) is 18.8 Å². The molecule has 0 aliphatic carbocycles. The molecule has 1 amide bonds. The largest absolute Gasteiger partial charge is 0.416 e. The minimum atomic E-state index is -4.35. The monoisotopic (exact) mass is 522 g/mol. The maximum atomic E-state index is 12.6. The molecule has 0 radical (unpaired) electrons. The van der Waals surface area contributed by atoms with Crippen LogP contribution in [0.15, 0.2) is 29.3 Å². The van der Waals surface area contributed by atoms with Crippen LogP contribution in [-0.4, -0.2) is 49.0 Å². The number of nitrogens with one attached hydrogen (secondary N) is 2. The fraction of sp³-hybridized carbons (Fsp3) is 0.500. The lowest BCUT2D eigenvalue weighted by atomic mass is 10.1. The number of nitrogens with zero attached hydrogens (tertiary/aromatic N) is 2. The van der Waals surface area contributed by atoms with Crippen LogP contribution in [0.25, 0.3) is 0 Å². The van der Waals surface area contributed by atoms with E-state index < -0.39 is 11.7 Å². The van der Waals surface area contributed by atoms with Crippen molar-refractivity contribution in [2.45, 2.75) is 38.9 Å². The summed E-state index contributed by atoms with van der Waals surface area (Å²) < 4.78 is 37.7. The molecule has 9 heteroatoms. The van der Waals surface area contributed by atoms with E-state index in [-0.39, 0.29) is 42.5 Å². The van der Waals surface area contributed by atoms with E-state index in [0.29, 0.717) is 31.0 Å². The number of alkyl halides is 3. The van der Waals surface area contributed by atoms with Crippen molar-refractivity contribution in [3.8, 4) is 11.8 Å². The highest BCUT2D eigenvalue weighted by Gasteiger charge is 2.29. The number of halogens is 4. The summed E-state index contributed by atoms with van der Waals surface area (Å²) in [5.41, 5.74) is -0.187. The summed E-state index contributed by atoms with van der Waals surface area (Å²) >= 11 is 0. The first-order valence-corrected chi connectivity index (χ1v) is 9.32. The van der Waals surface area contributed by atoms with Gasteiger partial charge >= 0.3 is 6.18 Å². The van der Waals surface area contributed by atoms with E-state index in [0.717, 1.165) is 25.1 Å². The van der Waals surface area contributed by atoms with Crippen molar-refractivity contribution >= 4 is 35.8 Å². The van der Waals surface area contributed by atoms with Gasteiger partial charge in [-0.2, -0.15) is 13.2 Å². The number of likely N-dealkylation sites (tertiary alicyclic amines) is 1. The Labute approximate surface area is 186 Å². The molecule has 0 aromatic heterocycles. The van der Waals surface area contributed by atoms with Crippen LogP contribution in [0.5, 0.6) is 0 Å². The second-order valence-electron chi connectivity index (χ2n) is 6.40. The smallest absolute Gasteiger partial charge is 0.357 e. The van der Waals surface area contributed by atoms with Crippen LogP contribution < -0.4 is 10.6 Å². The Hall–Kier alpha value is -1.96. The van der Waals surface area contributed by atoms with Gasteiger partial charge in [-0.3, -0.25) is 4.79 Å². The van der Waals surface area contributed by atoms with Gasteiger partial charge in [0.05, 0.1) is 5.56 Å². The van der Waals surface area contributed by atoms with Gasteiger partial charge in [0.15, 0.2) is 5.96 Å². The van der Waals surface area contributed by atoms with Crippen LogP contribution >= 0.6 is 24.0 Å². The fourth-order valence-electron chi connectivity index (χ4n) is 2.84. The van der Waals surface area contributed by atoms with Crippen molar-refractivity contribution in [1.29, 1.82) is 0 Å². The number of hydrogen-bond donors (Lipinski definition) is 2. The number of carbonyl (C=O) groups excluding carboxylic acids is 1. The molecule has 0 bridgehead atoms. The zero-order valence-corrected chi connectivity index (χ0v) is 18.8.